The Morgan fingerprint density at radius 3 is 2.50 bits per heavy atom. The summed E-state index contributed by atoms with van der Waals surface area (Å²) in [4.78, 5) is 0. The molecule has 1 unspecified atom stereocenters. The topological polar surface area (TPSA) is 21.3 Å². The van der Waals surface area contributed by atoms with E-state index < -0.39 is 0 Å². The van der Waals surface area contributed by atoms with Crippen LogP contribution in [-0.2, 0) is 4.74 Å². The van der Waals surface area contributed by atoms with Gasteiger partial charge in [-0.05, 0) is 43.9 Å². The Kier molecular flexibility index (Phi) is 2.29. The Hall–Kier alpha value is -0.0800. The van der Waals surface area contributed by atoms with E-state index in [0.717, 1.165) is 24.7 Å². The van der Waals surface area contributed by atoms with Crippen LogP contribution < -0.4 is 5.32 Å². The maximum Gasteiger partial charge on any atom is 0.0619 e. The Morgan fingerprint density at radius 2 is 1.93 bits per heavy atom. The minimum atomic E-state index is 0.658. The average Bonchev–Trinajstić information content (AvgIpc) is 2.09. The van der Waals surface area contributed by atoms with Gasteiger partial charge in [-0.15, -0.1) is 0 Å². The van der Waals surface area contributed by atoms with Gasteiger partial charge in [0, 0.05) is 18.7 Å². The molecule has 3 aliphatic rings. The van der Waals surface area contributed by atoms with Gasteiger partial charge in [0.05, 0.1) is 6.61 Å². The van der Waals surface area contributed by atoms with E-state index in [-0.39, 0.29) is 0 Å². The van der Waals surface area contributed by atoms with Gasteiger partial charge in [-0.2, -0.15) is 0 Å². The van der Waals surface area contributed by atoms with Crippen LogP contribution in [0.3, 0.4) is 0 Å². The van der Waals surface area contributed by atoms with Gasteiger partial charge < -0.3 is 10.1 Å². The number of hydrogen-bond acceptors (Lipinski definition) is 2. The number of rotatable bonds is 2. The van der Waals surface area contributed by atoms with Crippen molar-refractivity contribution in [2.24, 2.45) is 5.41 Å². The molecule has 1 heterocycles. The molecule has 1 saturated heterocycles. The summed E-state index contributed by atoms with van der Waals surface area (Å²) in [6.45, 7) is 1.93. The first-order chi connectivity index (χ1) is 6.86. The molecule has 3 rings (SSSR count). The smallest absolute Gasteiger partial charge is 0.0619 e. The van der Waals surface area contributed by atoms with Crippen molar-refractivity contribution < 1.29 is 4.74 Å². The van der Waals surface area contributed by atoms with Crippen molar-refractivity contribution in [3.05, 3.63) is 0 Å². The summed E-state index contributed by atoms with van der Waals surface area (Å²) >= 11 is 0. The third kappa shape index (κ3) is 1.59. The fourth-order valence-electron chi connectivity index (χ4n) is 3.39. The van der Waals surface area contributed by atoms with Gasteiger partial charge in [0.1, 0.15) is 0 Å². The number of hydrogen-bond donors (Lipinski definition) is 1. The molecule has 2 heteroatoms. The molecule has 0 aromatic carbocycles. The lowest BCUT2D eigenvalue weighted by atomic mass is 9.54. The summed E-state index contributed by atoms with van der Waals surface area (Å²) < 4.78 is 5.48. The van der Waals surface area contributed by atoms with Gasteiger partial charge in [-0.3, -0.25) is 0 Å². The van der Waals surface area contributed by atoms with Crippen LogP contribution in [0.25, 0.3) is 0 Å². The molecule has 2 saturated carbocycles. The monoisotopic (exact) mass is 195 g/mol. The third-order valence-corrected chi connectivity index (χ3v) is 4.40. The second-order valence-corrected chi connectivity index (χ2v) is 5.54. The predicted molar refractivity (Wildman–Crippen MR) is 56.3 cm³/mol. The van der Waals surface area contributed by atoms with E-state index in [0.29, 0.717) is 6.04 Å². The maximum absolute atomic E-state index is 5.48. The molecular weight excluding hydrogens is 174 g/mol. The molecule has 0 aromatic rings. The first kappa shape index (κ1) is 9.17. The van der Waals surface area contributed by atoms with Crippen LogP contribution in [0.2, 0.25) is 0 Å². The summed E-state index contributed by atoms with van der Waals surface area (Å²) in [5.74, 6) is 0. The second kappa shape index (κ2) is 3.49. The first-order valence-corrected chi connectivity index (χ1v) is 6.20. The summed E-state index contributed by atoms with van der Waals surface area (Å²) in [6, 6.07) is 1.48. The summed E-state index contributed by atoms with van der Waals surface area (Å²) in [5.41, 5.74) is 0.813. The van der Waals surface area contributed by atoms with Crippen LogP contribution in [0.5, 0.6) is 0 Å². The normalized spacial score (nSPS) is 36.4. The molecule has 0 aromatic heterocycles. The standard InChI is InChI=1S/C12H21NO/c1-3-10(9-14-6-1)13-11-7-12(8-11)4-2-5-12/h10-11,13H,1-9H2. The number of ether oxygens (including phenoxy) is 1. The Labute approximate surface area is 86.4 Å². The van der Waals surface area contributed by atoms with Crippen molar-refractivity contribution in [2.45, 2.75) is 57.0 Å². The van der Waals surface area contributed by atoms with Crippen LogP contribution in [0, 0.1) is 5.41 Å². The zero-order valence-corrected chi connectivity index (χ0v) is 8.93. The van der Waals surface area contributed by atoms with E-state index in [4.69, 9.17) is 4.74 Å². The molecule has 3 fully saturated rings. The van der Waals surface area contributed by atoms with Crippen LogP contribution >= 0.6 is 0 Å². The fraction of sp³-hybridized carbons (Fsp3) is 1.00. The number of nitrogens with one attached hydrogen (secondary N) is 1. The van der Waals surface area contributed by atoms with Crippen molar-refractivity contribution in [3.8, 4) is 0 Å². The highest BCUT2D eigenvalue weighted by molar-refractivity contribution is 5.03. The second-order valence-electron chi connectivity index (χ2n) is 5.54. The summed E-state index contributed by atoms with van der Waals surface area (Å²) in [7, 11) is 0. The lowest BCUT2D eigenvalue weighted by molar-refractivity contribution is -0.0182. The van der Waals surface area contributed by atoms with E-state index in [2.05, 4.69) is 5.32 Å². The lowest BCUT2D eigenvalue weighted by Gasteiger charge is -2.55. The van der Waals surface area contributed by atoms with E-state index >= 15 is 0 Å². The molecule has 0 bridgehead atoms. The largest absolute Gasteiger partial charge is 0.380 e. The molecule has 14 heavy (non-hydrogen) atoms. The average molecular weight is 195 g/mol. The van der Waals surface area contributed by atoms with Crippen LogP contribution in [0.4, 0.5) is 0 Å². The SMILES string of the molecule is C1COCC(NC2CC3(CCC3)C2)C1. The lowest BCUT2D eigenvalue weighted by Crippen LogP contribution is -2.55. The third-order valence-electron chi connectivity index (χ3n) is 4.40. The minimum Gasteiger partial charge on any atom is -0.380 e. The molecule has 2 nitrogen and oxygen atoms in total. The van der Waals surface area contributed by atoms with Gasteiger partial charge in [0.25, 0.3) is 0 Å². The molecule has 1 aliphatic heterocycles. The first-order valence-electron chi connectivity index (χ1n) is 6.20. The van der Waals surface area contributed by atoms with Crippen molar-refractivity contribution in [2.75, 3.05) is 13.2 Å². The molecule has 1 N–H and O–H groups in total. The van der Waals surface area contributed by atoms with E-state index in [1.807, 2.05) is 0 Å². The highest BCUT2D eigenvalue weighted by Crippen LogP contribution is 2.55. The molecule has 1 atom stereocenters. The van der Waals surface area contributed by atoms with Crippen LogP contribution in [-0.4, -0.2) is 25.3 Å². The Bertz CT molecular complexity index is 198. The minimum absolute atomic E-state index is 0.658. The van der Waals surface area contributed by atoms with Gasteiger partial charge >= 0.3 is 0 Å². The highest BCUT2D eigenvalue weighted by atomic mass is 16.5. The van der Waals surface area contributed by atoms with E-state index in [9.17, 15) is 0 Å². The molecule has 0 radical (unpaired) electrons. The molecule has 2 aliphatic carbocycles. The van der Waals surface area contributed by atoms with Gasteiger partial charge in [-0.1, -0.05) is 6.42 Å². The molecule has 80 valence electrons. The van der Waals surface area contributed by atoms with Gasteiger partial charge in [0.2, 0.25) is 0 Å². The molecule has 0 amide bonds. The van der Waals surface area contributed by atoms with E-state index in [1.54, 1.807) is 0 Å². The van der Waals surface area contributed by atoms with Crippen LogP contribution in [0.1, 0.15) is 44.9 Å². The van der Waals surface area contributed by atoms with E-state index in [1.165, 1.54) is 44.9 Å². The summed E-state index contributed by atoms with van der Waals surface area (Å²) in [6.07, 6.45) is 9.96. The fourth-order valence-corrected chi connectivity index (χ4v) is 3.39. The predicted octanol–water partition coefficient (Wildman–Crippen LogP) is 2.09. The quantitative estimate of drug-likeness (QED) is 0.728. The molecule has 1 spiro atoms. The maximum atomic E-state index is 5.48. The van der Waals surface area contributed by atoms with Crippen molar-refractivity contribution in [1.82, 2.24) is 5.32 Å². The summed E-state index contributed by atoms with van der Waals surface area (Å²) in [5, 5.41) is 3.75. The Morgan fingerprint density at radius 1 is 1.07 bits per heavy atom. The molecular formula is C12H21NO. The van der Waals surface area contributed by atoms with Crippen molar-refractivity contribution >= 4 is 0 Å². The Balaban J connectivity index is 1.41. The van der Waals surface area contributed by atoms with Gasteiger partial charge in [-0.25, -0.2) is 0 Å². The van der Waals surface area contributed by atoms with Crippen LogP contribution in [0.15, 0.2) is 0 Å². The van der Waals surface area contributed by atoms with Crippen molar-refractivity contribution in [1.29, 1.82) is 0 Å². The van der Waals surface area contributed by atoms with Gasteiger partial charge in [0.15, 0.2) is 0 Å². The van der Waals surface area contributed by atoms with Crippen molar-refractivity contribution in [3.63, 3.8) is 0 Å². The zero-order valence-electron chi connectivity index (χ0n) is 8.93. The highest BCUT2D eigenvalue weighted by Gasteiger charge is 2.48. The zero-order chi connectivity index (χ0) is 9.43.